The van der Waals surface area contributed by atoms with Crippen molar-refractivity contribution in [3.05, 3.63) is 24.5 Å². The Bertz CT molecular complexity index is 289. The number of hydrogen-bond acceptors (Lipinski definition) is 4. The van der Waals surface area contributed by atoms with E-state index in [1.807, 2.05) is 6.07 Å². The van der Waals surface area contributed by atoms with E-state index >= 15 is 0 Å². The zero-order valence-electron chi connectivity index (χ0n) is 7.68. The second-order valence-corrected chi connectivity index (χ2v) is 2.98. The van der Waals surface area contributed by atoms with Gasteiger partial charge in [-0.1, -0.05) is 0 Å². The summed E-state index contributed by atoms with van der Waals surface area (Å²) < 4.78 is 0. The van der Waals surface area contributed by atoms with Crippen LogP contribution in [0.4, 0.5) is 5.69 Å². The molecule has 5 nitrogen and oxygen atoms in total. The minimum Gasteiger partial charge on any atom is -0.481 e. The van der Waals surface area contributed by atoms with Crippen molar-refractivity contribution in [2.75, 3.05) is 11.9 Å². The Labute approximate surface area is 82.0 Å². The van der Waals surface area contributed by atoms with Gasteiger partial charge in [0.2, 0.25) is 0 Å². The SMILES string of the molecule is NC(CNc1cccnc1)CC(=O)O. The molecule has 1 aromatic rings. The van der Waals surface area contributed by atoms with E-state index in [0.717, 1.165) is 5.69 Å². The maximum atomic E-state index is 10.3. The summed E-state index contributed by atoms with van der Waals surface area (Å²) in [6.07, 6.45) is 3.29. The first-order valence-corrected chi connectivity index (χ1v) is 4.30. The van der Waals surface area contributed by atoms with E-state index in [4.69, 9.17) is 10.8 Å². The van der Waals surface area contributed by atoms with Crippen LogP contribution in [0, 0.1) is 0 Å². The molecule has 0 amide bonds. The molecule has 0 aliphatic carbocycles. The molecule has 0 saturated carbocycles. The summed E-state index contributed by atoms with van der Waals surface area (Å²) in [5.41, 5.74) is 6.40. The third-order valence-electron chi connectivity index (χ3n) is 1.67. The molecule has 0 bridgehead atoms. The van der Waals surface area contributed by atoms with Crippen LogP contribution in [0.2, 0.25) is 0 Å². The molecule has 5 heteroatoms. The Morgan fingerprint density at radius 2 is 2.50 bits per heavy atom. The summed E-state index contributed by atoms with van der Waals surface area (Å²) in [4.78, 5) is 14.2. The summed E-state index contributed by atoms with van der Waals surface area (Å²) in [7, 11) is 0. The van der Waals surface area contributed by atoms with Gasteiger partial charge in [-0.05, 0) is 12.1 Å². The number of pyridine rings is 1. The highest BCUT2D eigenvalue weighted by atomic mass is 16.4. The predicted molar refractivity (Wildman–Crippen MR) is 53.0 cm³/mol. The Kier molecular flexibility index (Phi) is 3.87. The Morgan fingerprint density at radius 3 is 3.07 bits per heavy atom. The summed E-state index contributed by atoms with van der Waals surface area (Å²) in [5.74, 6) is -0.884. The van der Waals surface area contributed by atoms with Gasteiger partial charge in [0, 0.05) is 25.0 Å². The number of aromatic nitrogens is 1. The summed E-state index contributed by atoms with van der Waals surface area (Å²) in [6.45, 7) is 0.429. The molecule has 0 fully saturated rings. The summed E-state index contributed by atoms with van der Waals surface area (Å²) >= 11 is 0. The van der Waals surface area contributed by atoms with Crippen LogP contribution in [-0.2, 0) is 4.79 Å². The molecule has 1 aromatic heterocycles. The Morgan fingerprint density at radius 1 is 1.71 bits per heavy atom. The first-order valence-electron chi connectivity index (χ1n) is 4.30. The van der Waals surface area contributed by atoms with Gasteiger partial charge in [0.15, 0.2) is 0 Å². The minimum atomic E-state index is -0.884. The minimum absolute atomic E-state index is 0.0345. The van der Waals surface area contributed by atoms with Crippen molar-refractivity contribution < 1.29 is 9.90 Å². The first-order chi connectivity index (χ1) is 6.68. The van der Waals surface area contributed by atoms with Crippen molar-refractivity contribution in [2.45, 2.75) is 12.5 Å². The quantitative estimate of drug-likeness (QED) is 0.628. The van der Waals surface area contributed by atoms with Gasteiger partial charge in [-0.2, -0.15) is 0 Å². The number of rotatable bonds is 5. The van der Waals surface area contributed by atoms with Crippen molar-refractivity contribution in [3.8, 4) is 0 Å². The molecular weight excluding hydrogens is 182 g/mol. The highest BCUT2D eigenvalue weighted by molar-refractivity contribution is 5.67. The van der Waals surface area contributed by atoms with Gasteiger partial charge in [0.05, 0.1) is 12.1 Å². The number of anilines is 1. The summed E-state index contributed by atoms with van der Waals surface area (Å²) in [6, 6.07) is 3.26. The highest BCUT2D eigenvalue weighted by Crippen LogP contribution is 2.02. The van der Waals surface area contributed by atoms with Crippen molar-refractivity contribution in [1.82, 2.24) is 4.98 Å². The number of carboxylic acids is 1. The monoisotopic (exact) mass is 195 g/mol. The van der Waals surface area contributed by atoms with Gasteiger partial charge in [0.25, 0.3) is 0 Å². The van der Waals surface area contributed by atoms with Gasteiger partial charge in [-0.25, -0.2) is 0 Å². The zero-order chi connectivity index (χ0) is 10.4. The maximum Gasteiger partial charge on any atom is 0.304 e. The second-order valence-electron chi connectivity index (χ2n) is 2.98. The third-order valence-corrected chi connectivity index (χ3v) is 1.67. The van der Waals surface area contributed by atoms with E-state index in [0.29, 0.717) is 6.54 Å². The zero-order valence-corrected chi connectivity index (χ0v) is 7.68. The lowest BCUT2D eigenvalue weighted by Crippen LogP contribution is -2.31. The Balaban J connectivity index is 2.30. The van der Waals surface area contributed by atoms with Crippen LogP contribution in [0.15, 0.2) is 24.5 Å². The molecular formula is C9H13N3O2. The van der Waals surface area contributed by atoms with E-state index < -0.39 is 5.97 Å². The predicted octanol–water partition coefficient (Wildman–Crippen LogP) is 0.295. The van der Waals surface area contributed by atoms with Crippen LogP contribution in [0.25, 0.3) is 0 Å². The van der Waals surface area contributed by atoms with Crippen molar-refractivity contribution in [1.29, 1.82) is 0 Å². The van der Waals surface area contributed by atoms with Crippen LogP contribution in [0.3, 0.4) is 0 Å². The van der Waals surface area contributed by atoms with Crippen LogP contribution in [0.1, 0.15) is 6.42 Å². The summed E-state index contributed by atoms with van der Waals surface area (Å²) in [5, 5.41) is 11.5. The molecule has 0 aromatic carbocycles. The third kappa shape index (κ3) is 3.86. The van der Waals surface area contributed by atoms with E-state index in [2.05, 4.69) is 10.3 Å². The maximum absolute atomic E-state index is 10.3. The number of carboxylic acid groups (broad SMARTS) is 1. The average Bonchev–Trinajstić information content (AvgIpc) is 2.15. The number of nitrogens with zero attached hydrogens (tertiary/aromatic N) is 1. The molecule has 14 heavy (non-hydrogen) atoms. The molecule has 0 aliphatic heterocycles. The van der Waals surface area contributed by atoms with Crippen molar-refractivity contribution >= 4 is 11.7 Å². The molecule has 76 valence electrons. The topological polar surface area (TPSA) is 88.2 Å². The second kappa shape index (κ2) is 5.18. The Hall–Kier alpha value is -1.62. The fraction of sp³-hybridized carbons (Fsp3) is 0.333. The van der Waals surface area contributed by atoms with Crippen molar-refractivity contribution in [3.63, 3.8) is 0 Å². The van der Waals surface area contributed by atoms with Gasteiger partial charge >= 0.3 is 5.97 Å². The number of carbonyl (C=O) groups is 1. The lowest BCUT2D eigenvalue weighted by atomic mass is 10.2. The molecule has 0 radical (unpaired) electrons. The van der Waals surface area contributed by atoms with Crippen LogP contribution in [0.5, 0.6) is 0 Å². The molecule has 1 atom stereocenters. The van der Waals surface area contributed by atoms with Crippen LogP contribution >= 0.6 is 0 Å². The smallest absolute Gasteiger partial charge is 0.304 e. The normalized spacial score (nSPS) is 12.1. The molecule has 1 rings (SSSR count). The number of aliphatic carboxylic acids is 1. The molecule has 1 heterocycles. The molecule has 0 saturated heterocycles. The van der Waals surface area contributed by atoms with E-state index in [9.17, 15) is 4.79 Å². The fourth-order valence-corrected chi connectivity index (χ4v) is 1.01. The number of nitrogens with one attached hydrogen (secondary N) is 1. The van der Waals surface area contributed by atoms with E-state index in [1.165, 1.54) is 0 Å². The fourth-order valence-electron chi connectivity index (χ4n) is 1.01. The number of hydrogen-bond donors (Lipinski definition) is 3. The van der Waals surface area contributed by atoms with Crippen LogP contribution < -0.4 is 11.1 Å². The number of nitrogens with two attached hydrogens (primary N) is 1. The molecule has 0 aliphatic rings. The van der Waals surface area contributed by atoms with Crippen molar-refractivity contribution in [2.24, 2.45) is 5.73 Å². The first kappa shape index (κ1) is 10.5. The standard InChI is InChI=1S/C9H13N3O2/c10-7(4-9(13)14)5-12-8-2-1-3-11-6-8/h1-3,6-7,12H,4-5,10H2,(H,13,14). The van der Waals surface area contributed by atoms with E-state index in [-0.39, 0.29) is 12.5 Å². The molecule has 4 N–H and O–H groups in total. The molecule has 1 unspecified atom stereocenters. The van der Waals surface area contributed by atoms with Crippen LogP contribution in [-0.4, -0.2) is 28.6 Å². The van der Waals surface area contributed by atoms with Gasteiger partial charge in [-0.3, -0.25) is 9.78 Å². The molecule has 0 spiro atoms. The van der Waals surface area contributed by atoms with Gasteiger partial charge in [-0.15, -0.1) is 0 Å². The lowest BCUT2D eigenvalue weighted by molar-refractivity contribution is -0.137. The highest BCUT2D eigenvalue weighted by Gasteiger charge is 2.06. The average molecular weight is 195 g/mol. The van der Waals surface area contributed by atoms with Gasteiger partial charge in [0.1, 0.15) is 0 Å². The van der Waals surface area contributed by atoms with E-state index in [1.54, 1.807) is 18.5 Å². The largest absolute Gasteiger partial charge is 0.481 e. The lowest BCUT2D eigenvalue weighted by Gasteiger charge is -2.10. The van der Waals surface area contributed by atoms with Gasteiger partial charge < -0.3 is 16.2 Å².